The van der Waals surface area contributed by atoms with Gasteiger partial charge in [-0.3, -0.25) is 4.99 Å². The molecule has 1 saturated heterocycles. The minimum atomic E-state index is 0. The zero-order valence-electron chi connectivity index (χ0n) is 18.7. The highest BCUT2D eigenvalue weighted by Gasteiger charge is 2.23. The molecule has 6 heteroatoms. The van der Waals surface area contributed by atoms with Crippen molar-refractivity contribution in [1.29, 1.82) is 0 Å². The van der Waals surface area contributed by atoms with Gasteiger partial charge in [-0.05, 0) is 43.6 Å². The molecule has 0 aromatic heterocycles. The average Bonchev–Trinajstić information content (AvgIpc) is 2.69. The molecule has 0 amide bonds. The number of aliphatic imine (C=N–C) groups is 1. The second-order valence-corrected chi connectivity index (χ2v) is 8.40. The fraction of sp³-hybridized carbons (Fsp3) is 0.696. The quantitative estimate of drug-likeness (QED) is 0.217. The van der Waals surface area contributed by atoms with Gasteiger partial charge in [-0.25, -0.2) is 0 Å². The molecule has 0 atom stereocenters. The van der Waals surface area contributed by atoms with Crippen molar-refractivity contribution in [2.24, 2.45) is 10.4 Å². The van der Waals surface area contributed by atoms with Gasteiger partial charge >= 0.3 is 0 Å². The van der Waals surface area contributed by atoms with Crippen LogP contribution in [0.4, 0.5) is 0 Å². The molecule has 0 spiro atoms. The maximum Gasteiger partial charge on any atom is 0.193 e. The Labute approximate surface area is 194 Å². The van der Waals surface area contributed by atoms with Crippen LogP contribution in [0.15, 0.2) is 35.3 Å². The van der Waals surface area contributed by atoms with Crippen molar-refractivity contribution in [3.8, 4) is 0 Å². The number of nitrogens with one attached hydrogen (secondary N) is 1. The summed E-state index contributed by atoms with van der Waals surface area (Å²) in [6, 6.07) is 10.7. The van der Waals surface area contributed by atoms with Crippen molar-refractivity contribution < 1.29 is 9.47 Å². The van der Waals surface area contributed by atoms with Crippen molar-refractivity contribution in [2.45, 2.75) is 52.6 Å². The molecule has 2 rings (SSSR count). The van der Waals surface area contributed by atoms with Crippen LogP contribution in [0, 0.1) is 5.41 Å². The minimum absolute atomic E-state index is 0. The van der Waals surface area contributed by atoms with Crippen LogP contribution in [0.2, 0.25) is 0 Å². The predicted octanol–water partition coefficient (Wildman–Crippen LogP) is 4.36. The van der Waals surface area contributed by atoms with E-state index in [1.54, 1.807) is 7.11 Å². The number of benzene rings is 1. The molecule has 166 valence electrons. The summed E-state index contributed by atoms with van der Waals surface area (Å²) in [4.78, 5) is 7.38. The first-order valence-corrected chi connectivity index (χ1v) is 10.7. The summed E-state index contributed by atoms with van der Waals surface area (Å²) in [5, 5.41) is 3.48. The molecule has 1 fully saturated rings. The van der Waals surface area contributed by atoms with Crippen molar-refractivity contribution >= 4 is 29.9 Å². The van der Waals surface area contributed by atoms with Crippen LogP contribution in [0.5, 0.6) is 0 Å². The third-order valence-electron chi connectivity index (χ3n) is 5.11. The van der Waals surface area contributed by atoms with E-state index < -0.39 is 0 Å². The number of rotatable bonds is 10. The van der Waals surface area contributed by atoms with E-state index in [2.05, 4.69) is 61.3 Å². The highest BCUT2D eigenvalue weighted by Crippen LogP contribution is 2.22. The van der Waals surface area contributed by atoms with Gasteiger partial charge < -0.3 is 19.7 Å². The number of piperidine rings is 1. The highest BCUT2D eigenvalue weighted by molar-refractivity contribution is 14.0. The zero-order valence-corrected chi connectivity index (χ0v) is 21.0. The van der Waals surface area contributed by atoms with E-state index in [0.29, 0.717) is 6.10 Å². The van der Waals surface area contributed by atoms with Crippen LogP contribution >= 0.6 is 24.0 Å². The van der Waals surface area contributed by atoms with Crippen LogP contribution in [0.25, 0.3) is 0 Å². The van der Waals surface area contributed by atoms with E-state index in [1.807, 2.05) is 0 Å². The van der Waals surface area contributed by atoms with Gasteiger partial charge in [0.1, 0.15) is 0 Å². The van der Waals surface area contributed by atoms with E-state index in [0.717, 1.165) is 71.0 Å². The first kappa shape index (κ1) is 26.2. The summed E-state index contributed by atoms with van der Waals surface area (Å²) in [5.74, 6) is 1.04. The fourth-order valence-corrected chi connectivity index (χ4v) is 3.61. The molecule has 1 aliphatic heterocycles. The topological polar surface area (TPSA) is 46.1 Å². The summed E-state index contributed by atoms with van der Waals surface area (Å²) in [5.41, 5.74) is 1.50. The lowest BCUT2D eigenvalue weighted by Gasteiger charge is -2.35. The Hall–Kier alpha value is -0.860. The Morgan fingerprint density at radius 1 is 1.17 bits per heavy atom. The van der Waals surface area contributed by atoms with Gasteiger partial charge in [-0.15, -0.1) is 24.0 Å². The first-order chi connectivity index (χ1) is 13.5. The number of halogens is 1. The summed E-state index contributed by atoms with van der Waals surface area (Å²) in [6.07, 6.45) is 4.49. The molecule has 0 radical (unpaired) electrons. The molecule has 1 aliphatic rings. The van der Waals surface area contributed by atoms with E-state index in [1.165, 1.54) is 5.56 Å². The number of nitrogens with zero attached hydrogens (tertiary/aromatic N) is 2. The van der Waals surface area contributed by atoms with E-state index in [4.69, 9.17) is 14.5 Å². The van der Waals surface area contributed by atoms with Gasteiger partial charge in [0.05, 0.1) is 6.10 Å². The Kier molecular flexibility index (Phi) is 12.8. The second-order valence-electron chi connectivity index (χ2n) is 8.40. The predicted molar refractivity (Wildman–Crippen MR) is 132 cm³/mol. The summed E-state index contributed by atoms with van der Waals surface area (Å²) < 4.78 is 11.1. The number of methoxy groups -OCH3 is 1. The van der Waals surface area contributed by atoms with Gasteiger partial charge in [0, 0.05) is 46.5 Å². The Bertz CT molecular complexity index is 573. The molecule has 0 bridgehead atoms. The number of guanidine groups is 1. The van der Waals surface area contributed by atoms with E-state index in [-0.39, 0.29) is 29.4 Å². The molecule has 1 aromatic carbocycles. The average molecular weight is 517 g/mol. The Balaban J connectivity index is 0.00000420. The van der Waals surface area contributed by atoms with Gasteiger partial charge in [0.2, 0.25) is 0 Å². The molecule has 1 aromatic rings. The molecule has 0 aliphatic carbocycles. The van der Waals surface area contributed by atoms with Crippen molar-refractivity contribution in [1.82, 2.24) is 10.2 Å². The molecular formula is C23H40IN3O2. The maximum atomic E-state index is 5.99. The molecule has 0 saturated carbocycles. The van der Waals surface area contributed by atoms with Gasteiger partial charge in [0.15, 0.2) is 5.96 Å². The third-order valence-corrected chi connectivity index (χ3v) is 5.11. The van der Waals surface area contributed by atoms with Crippen LogP contribution in [-0.2, 0) is 15.9 Å². The van der Waals surface area contributed by atoms with Crippen molar-refractivity contribution in [3.05, 3.63) is 35.9 Å². The number of ether oxygens (including phenoxy) is 2. The largest absolute Gasteiger partial charge is 0.385 e. The summed E-state index contributed by atoms with van der Waals surface area (Å²) in [6.45, 7) is 12.0. The van der Waals surface area contributed by atoms with Crippen LogP contribution < -0.4 is 5.32 Å². The monoisotopic (exact) mass is 517 g/mol. The lowest BCUT2D eigenvalue weighted by Crippen LogP contribution is -2.47. The molecule has 1 heterocycles. The molecule has 29 heavy (non-hydrogen) atoms. The first-order valence-electron chi connectivity index (χ1n) is 10.7. The number of likely N-dealkylation sites (tertiary alicyclic amines) is 1. The van der Waals surface area contributed by atoms with E-state index in [9.17, 15) is 0 Å². The van der Waals surface area contributed by atoms with Crippen LogP contribution in [-0.4, -0.2) is 63.5 Å². The molecular weight excluding hydrogens is 477 g/mol. The Morgan fingerprint density at radius 2 is 1.86 bits per heavy atom. The number of hydrogen-bond donors (Lipinski definition) is 1. The van der Waals surface area contributed by atoms with Gasteiger partial charge in [0.25, 0.3) is 0 Å². The number of hydrogen-bond acceptors (Lipinski definition) is 3. The zero-order chi connectivity index (χ0) is 20.2. The molecule has 5 nitrogen and oxygen atoms in total. The lowest BCUT2D eigenvalue weighted by atomic mass is 9.86. The summed E-state index contributed by atoms with van der Waals surface area (Å²) >= 11 is 0. The Morgan fingerprint density at radius 3 is 2.48 bits per heavy atom. The van der Waals surface area contributed by atoms with Crippen molar-refractivity contribution in [3.63, 3.8) is 0 Å². The maximum absolute atomic E-state index is 5.99. The van der Waals surface area contributed by atoms with Gasteiger partial charge in [-0.1, -0.05) is 44.2 Å². The van der Waals surface area contributed by atoms with Crippen LogP contribution in [0.3, 0.4) is 0 Å². The SMILES string of the molecule is CCNC(=NCC(C)(C)Cc1ccccc1)N1CCC(OCCCOC)CC1.I. The highest BCUT2D eigenvalue weighted by atomic mass is 127. The molecule has 1 N–H and O–H groups in total. The standard InChI is InChI=1S/C23H39N3O2.HI/c1-5-24-22(25-19-23(2,3)18-20-10-7-6-8-11-20)26-14-12-21(13-15-26)28-17-9-16-27-4;/h6-8,10-11,21H,5,9,12-19H2,1-4H3,(H,24,25);1H. The molecule has 0 unspecified atom stereocenters. The van der Waals surface area contributed by atoms with Crippen LogP contribution in [0.1, 0.15) is 45.6 Å². The minimum Gasteiger partial charge on any atom is -0.385 e. The normalized spacial score (nSPS) is 15.9. The van der Waals surface area contributed by atoms with E-state index >= 15 is 0 Å². The summed E-state index contributed by atoms with van der Waals surface area (Å²) in [7, 11) is 1.74. The second kappa shape index (κ2) is 14.2. The van der Waals surface area contributed by atoms with Crippen molar-refractivity contribution in [2.75, 3.05) is 46.5 Å². The fourth-order valence-electron chi connectivity index (χ4n) is 3.61. The lowest BCUT2D eigenvalue weighted by molar-refractivity contribution is 0.00988. The smallest absolute Gasteiger partial charge is 0.193 e. The third kappa shape index (κ3) is 10.1. The van der Waals surface area contributed by atoms with Gasteiger partial charge in [-0.2, -0.15) is 0 Å².